The lowest BCUT2D eigenvalue weighted by Gasteiger charge is -2.26. The van der Waals surface area contributed by atoms with Crippen LogP contribution >= 0.6 is 31.9 Å². The third-order valence-electron chi connectivity index (χ3n) is 3.80. The molecule has 0 aromatic heterocycles. The van der Waals surface area contributed by atoms with Crippen molar-refractivity contribution in [1.82, 2.24) is 0 Å². The first-order chi connectivity index (χ1) is 13.6. The van der Waals surface area contributed by atoms with Crippen molar-refractivity contribution in [3.05, 3.63) is 64.6 Å². The third-order valence-corrected chi connectivity index (χ3v) is 5.01. The first-order valence-corrected chi connectivity index (χ1v) is 8.98. The van der Waals surface area contributed by atoms with E-state index in [1.54, 1.807) is 0 Å². The van der Waals surface area contributed by atoms with Gasteiger partial charge in [0.2, 0.25) is 0 Å². The molecule has 15 heteroatoms. The molecular formula is C15H7Br2F6N3O4. The molecule has 0 saturated heterocycles. The van der Waals surface area contributed by atoms with E-state index in [2.05, 4.69) is 31.9 Å². The van der Waals surface area contributed by atoms with E-state index >= 15 is 0 Å². The fourth-order valence-corrected chi connectivity index (χ4v) is 4.30. The molecule has 0 amide bonds. The molecule has 2 rings (SSSR count). The number of hydrogen-bond donors (Lipinski definition) is 0. The van der Waals surface area contributed by atoms with Gasteiger partial charge in [0.05, 0.1) is 32.7 Å². The molecule has 0 aliphatic heterocycles. The minimum Gasteiger partial charge on any atom is -0.337 e. The lowest BCUT2D eigenvalue weighted by molar-refractivity contribution is -0.394. The summed E-state index contributed by atoms with van der Waals surface area (Å²) in [5.74, 6) is 0. The second-order valence-electron chi connectivity index (χ2n) is 5.72. The maximum absolute atomic E-state index is 13.6. The van der Waals surface area contributed by atoms with Crippen molar-refractivity contribution in [2.24, 2.45) is 0 Å². The van der Waals surface area contributed by atoms with Crippen molar-refractivity contribution >= 4 is 54.6 Å². The van der Waals surface area contributed by atoms with Gasteiger partial charge in [-0.3, -0.25) is 20.2 Å². The molecule has 0 unspecified atom stereocenters. The van der Waals surface area contributed by atoms with Crippen molar-refractivity contribution in [1.29, 1.82) is 0 Å². The number of nitrogens with zero attached hydrogens (tertiary/aromatic N) is 3. The van der Waals surface area contributed by atoms with E-state index in [0.717, 1.165) is 7.05 Å². The minimum absolute atomic E-state index is 0.116. The first-order valence-electron chi connectivity index (χ1n) is 7.39. The molecule has 0 fully saturated rings. The predicted octanol–water partition coefficient (Wildman–Crippen LogP) is 6.83. The van der Waals surface area contributed by atoms with Crippen LogP contribution in [0.4, 0.5) is 49.1 Å². The highest BCUT2D eigenvalue weighted by Crippen LogP contribution is 2.49. The van der Waals surface area contributed by atoms with Crippen LogP contribution in [0, 0.1) is 20.2 Å². The van der Waals surface area contributed by atoms with E-state index < -0.39 is 50.4 Å². The minimum atomic E-state index is -5.24. The molecule has 0 aliphatic carbocycles. The molecule has 0 aliphatic rings. The third kappa shape index (κ3) is 4.66. The van der Waals surface area contributed by atoms with Crippen molar-refractivity contribution in [2.75, 3.05) is 11.9 Å². The van der Waals surface area contributed by atoms with Gasteiger partial charge in [0, 0.05) is 22.1 Å². The zero-order chi connectivity index (χ0) is 23.2. The van der Waals surface area contributed by atoms with Crippen LogP contribution in [0.15, 0.2) is 33.2 Å². The van der Waals surface area contributed by atoms with Gasteiger partial charge in [0.1, 0.15) is 5.69 Å². The molecule has 0 N–H and O–H groups in total. The molecule has 0 bridgehead atoms. The standard InChI is InChI=1S/C15H7Br2F6N3O4/c1-24(13-9(16)2-6(3-10(13)17)14(18,19)20)12-8(15(21,22)23)4-7(25(27)28)5-11(12)26(29)30/h2-5H,1H3. The van der Waals surface area contributed by atoms with E-state index in [9.17, 15) is 46.6 Å². The van der Waals surface area contributed by atoms with Gasteiger partial charge in [-0.25, -0.2) is 0 Å². The van der Waals surface area contributed by atoms with Crippen LogP contribution in [0.1, 0.15) is 11.1 Å². The largest absolute Gasteiger partial charge is 0.418 e. The van der Waals surface area contributed by atoms with Gasteiger partial charge >= 0.3 is 12.4 Å². The summed E-state index contributed by atoms with van der Waals surface area (Å²) >= 11 is 5.66. The lowest BCUT2D eigenvalue weighted by atomic mass is 10.1. The van der Waals surface area contributed by atoms with Gasteiger partial charge in [-0.05, 0) is 44.0 Å². The Morgan fingerprint density at radius 3 is 1.70 bits per heavy atom. The summed E-state index contributed by atoms with van der Waals surface area (Å²) in [7, 11) is 0.946. The second kappa shape index (κ2) is 8.02. The van der Waals surface area contributed by atoms with Gasteiger partial charge in [0.25, 0.3) is 11.4 Å². The molecule has 0 heterocycles. The Kier molecular flexibility index (Phi) is 6.37. The summed E-state index contributed by atoms with van der Waals surface area (Å²) in [6.45, 7) is 0. The molecule has 2 aromatic rings. The number of hydrogen-bond acceptors (Lipinski definition) is 5. The summed E-state index contributed by atoms with van der Waals surface area (Å²) in [6, 6.07) is 1.62. The van der Waals surface area contributed by atoms with E-state index in [0.29, 0.717) is 23.1 Å². The van der Waals surface area contributed by atoms with Crippen LogP contribution in [-0.2, 0) is 12.4 Å². The van der Waals surface area contributed by atoms with Gasteiger partial charge < -0.3 is 4.90 Å². The van der Waals surface area contributed by atoms with Crippen LogP contribution in [0.3, 0.4) is 0 Å². The fraction of sp³-hybridized carbons (Fsp3) is 0.200. The number of non-ortho nitro benzene ring substituents is 1. The number of halogens is 8. The van der Waals surface area contributed by atoms with Crippen LogP contribution in [-0.4, -0.2) is 16.9 Å². The molecule has 0 atom stereocenters. The van der Waals surface area contributed by atoms with Gasteiger partial charge in [-0.2, -0.15) is 26.3 Å². The molecule has 162 valence electrons. The van der Waals surface area contributed by atoms with E-state index in [1.807, 2.05) is 0 Å². The number of nitro benzene ring substituents is 2. The SMILES string of the molecule is CN(c1c(Br)cc(C(F)(F)F)cc1Br)c1c([N+](=O)[O-])cc([N+](=O)[O-])cc1C(F)(F)F. The summed E-state index contributed by atoms with van der Waals surface area (Å²) in [6.07, 6.45) is -10.0. The second-order valence-corrected chi connectivity index (χ2v) is 7.43. The molecule has 2 aromatic carbocycles. The number of nitro groups is 2. The Balaban J connectivity index is 2.87. The quantitative estimate of drug-likeness (QED) is 0.230. The normalized spacial score (nSPS) is 12.0. The van der Waals surface area contributed by atoms with Crippen molar-refractivity contribution in [3.8, 4) is 0 Å². The highest BCUT2D eigenvalue weighted by Gasteiger charge is 2.42. The number of rotatable bonds is 4. The highest BCUT2D eigenvalue weighted by atomic mass is 79.9. The fourth-order valence-electron chi connectivity index (χ4n) is 2.58. The monoisotopic (exact) mass is 565 g/mol. The topological polar surface area (TPSA) is 89.5 Å². The van der Waals surface area contributed by atoms with Crippen LogP contribution in [0.2, 0.25) is 0 Å². The van der Waals surface area contributed by atoms with Crippen LogP contribution < -0.4 is 4.90 Å². The smallest absolute Gasteiger partial charge is 0.337 e. The van der Waals surface area contributed by atoms with Crippen molar-refractivity contribution in [3.63, 3.8) is 0 Å². The highest BCUT2D eigenvalue weighted by molar-refractivity contribution is 9.11. The zero-order valence-corrected chi connectivity index (χ0v) is 17.5. The average Bonchev–Trinajstić information content (AvgIpc) is 2.57. The molecule has 0 spiro atoms. The van der Waals surface area contributed by atoms with Crippen molar-refractivity contribution in [2.45, 2.75) is 12.4 Å². The van der Waals surface area contributed by atoms with Gasteiger partial charge in [0.15, 0.2) is 0 Å². The number of alkyl halides is 6. The van der Waals surface area contributed by atoms with E-state index in [4.69, 9.17) is 0 Å². The summed E-state index contributed by atoms with van der Waals surface area (Å²) < 4.78 is 79.0. The molecule has 0 saturated carbocycles. The maximum Gasteiger partial charge on any atom is 0.418 e. The molecule has 0 radical (unpaired) electrons. The number of anilines is 2. The zero-order valence-electron chi connectivity index (χ0n) is 14.3. The van der Waals surface area contributed by atoms with Gasteiger partial charge in [-0.15, -0.1) is 0 Å². The van der Waals surface area contributed by atoms with E-state index in [1.165, 1.54) is 0 Å². The van der Waals surface area contributed by atoms with Crippen LogP contribution in [0.5, 0.6) is 0 Å². The van der Waals surface area contributed by atoms with Crippen LogP contribution in [0.25, 0.3) is 0 Å². The summed E-state index contributed by atoms with van der Waals surface area (Å²) in [4.78, 5) is 20.5. The Bertz CT molecular complexity index is 1020. The first kappa shape index (κ1) is 23.9. The summed E-state index contributed by atoms with van der Waals surface area (Å²) in [5, 5.41) is 22.3. The molecule has 7 nitrogen and oxygen atoms in total. The number of benzene rings is 2. The predicted molar refractivity (Wildman–Crippen MR) is 99.7 cm³/mol. The Labute approximate surface area is 179 Å². The molecule has 30 heavy (non-hydrogen) atoms. The molecular weight excluding hydrogens is 560 g/mol. The van der Waals surface area contributed by atoms with E-state index in [-0.39, 0.29) is 20.7 Å². The van der Waals surface area contributed by atoms with Gasteiger partial charge in [-0.1, -0.05) is 0 Å². The Hall–Kier alpha value is -2.42. The average molecular weight is 567 g/mol. The Morgan fingerprint density at radius 1 is 0.833 bits per heavy atom. The maximum atomic E-state index is 13.6. The van der Waals surface area contributed by atoms with Crippen molar-refractivity contribution < 1.29 is 36.2 Å². The summed E-state index contributed by atoms with van der Waals surface area (Å²) in [5.41, 5.74) is -6.64. The lowest BCUT2D eigenvalue weighted by Crippen LogP contribution is -2.20. The Morgan fingerprint density at radius 2 is 1.33 bits per heavy atom.